The van der Waals surface area contributed by atoms with Gasteiger partial charge in [-0.25, -0.2) is 4.79 Å². The van der Waals surface area contributed by atoms with E-state index < -0.39 is 23.7 Å². The molecule has 3 aromatic carbocycles. The number of hydrogen-bond acceptors (Lipinski definition) is 7. The Morgan fingerprint density at radius 3 is 2.31 bits per heavy atom. The number of ketones is 1. The summed E-state index contributed by atoms with van der Waals surface area (Å²) in [5.74, 6) is -1.87. The summed E-state index contributed by atoms with van der Waals surface area (Å²) >= 11 is 0. The lowest BCUT2D eigenvalue weighted by Crippen LogP contribution is -2.29. The fourth-order valence-corrected chi connectivity index (χ4v) is 4.66. The molecule has 0 saturated carbocycles. The monoisotopic (exact) mass is 529 g/mol. The summed E-state index contributed by atoms with van der Waals surface area (Å²) in [6, 6.07) is 16.4. The number of nitrogens with zero attached hydrogens (tertiary/aromatic N) is 1. The maximum absolute atomic E-state index is 13.5. The predicted octanol–water partition coefficient (Wildman–Crippen LogP) is 5.72. The second-order valence-corrected chi connectivity index (χ2v) is 9.37. The highest BCUT2D eigenvalue weighted by Gasteiger charge is 2.47. The Hall–Kier alpha value is -4.59. The molecule has 1 unspecified atom stereocenters. The minimum atomic E-state index is -1.02. The van der Waals surface area contributed by atoms with Crippen LogP contribution in [0.2, 0.25) is 0 Å². The molecule has 1 atom stereocenters. The van der Waals surface area contributed by atoms with Gasteiger partial charge >= 0.3 is 5.97 Å². The first kappa shape index (κ1) is 27.4. The largest absolute Gasteiger partial charge is 0.508 e. The van der Waals surface area contributed by atoms with E-state index in [-0.39, 0.29) is 40.9 Å². The van der Waals surface area contributed by atoms with Crippen LogP contribution in [0.25, 0.3) is 5.76 Å². The Balaban J connectivity index is 1.91. The Bertz CT molecular complexity index is 1440. The summed E-state index contributed by atoms with van der Waals surface area (Å²) in [6.45, 7) is 8.22. The molecule has 8 heteroatoms. The lowest BCUT2D eigenvalue weighted by atomic mass is 9.93. The predicted molar refractivity (Wildman–Crippen MR) is 147 cm³/mol. The van der Waals surface area contributed by atoms with Gasteiger partial charge in [0.05, 0.1) is 30.4 Å². The fraction of sp³-hybridized carbons (Fsp3) is 0.258. The zero-order valence-corrected chi connectivity index (χ0v) is 22.3. The van der Waals surface area contributed by atoms with E-state index in [2.05, 4.69) is 0 Å². The SMILES string of the molecule is CCOC(=O)c1cccc(N2C(=O)C(=O)/C(=C(\O)c3ccc(OCC)c(C(C)C)c3)C2c2ccc(O)cc2)c1. The number of hydrogen-bond donors (Lipinski definition) is 2. The molecule has 39 heavy (non-hydrogen) atoms. The fourth-order valence-electron chi connectivity index (χ4n) is 4.66. The molecule has 8 nitrogen and oxygen atoms in total. The van der Waals surface area contributed by atoms with Gasteiger partial charge in [0.1, 0.15) is 17.3 Å². The van der Waals surface area contributed by atoms with Crippen molar-refractivity contribution in [3.63, 3.8) is 0 Å². The molecule has 1 saturated heterocycles. The van der Waals surface area contributed by atoms with Gasteiger partial charge in [-0.3, -0.25) is 14.5 Å². The molecule has 0 bridgehead atoms. The molecule has 3 aromatic rings. The van der Waals surface area contributed by atoms with E-state index in [0.29, 0.717) is 23.5 Å². The van der Waals surface area contributed by atoms with Crippen molar-refractivity contribution in [2.75, 3.05) is 18.1 Å². The Morgan fingerprint density at radius 2 is 1.67 bits per heavy atom. The van der Waals surface area contributed by atoms with Crippen molar-refractivity contribution in [1.82, 2.24) is 0 Å². The second kappa shape index (κ2) is 11.4. The number of phenols is 1. The van der Waals surface area contributed by atoms with Crippen LogP contribution >= 0.6 is 0 Å². The lowest BCUT2D eigenvalue weighted by Gasteiger charge is -2.26. The molecule has 0 radical (unpaired) electrons. The van der Waals surface area contributed by atoms with Gasteiger partial charge in [0.25, 0.3) is 11.7 Å². The quantitative estimate of drug-likeness (QED) is 0.166. The van der Waals surface area contributed by atoms with Crippen LogP contribution in [0.3, 0.4) is 0 Å². The van der Waals surface area contributed by atoms with Gasteiger partial charge in [0, 0.05) is 11.3 Å². The Labute approximate surface area is 227 Å². The highest BCUT2D eigenvalue weighted by Crippen LogP contribution is 2.43. The summed E-state index contributed by atoms with van der Waals surface area (Å²) in [4.78, 5) is 40.6. The van der Waals surface area contributed by atoms with Crippen LogP contribution in [-0.4, -0.2) is 41.1 Å². The number of anilines is 1. The number of aliphatic hydroxyl groups is 1. The number of amides is 1. The van der Waals surface area contributed by atoms with Crippen molar-refractivity contribution in [2.45, 2.75) is 39.7 Å². The number of carbonyl (C=O) groups is 3. The van der Waals surface area contributed by atoms with Gasteiger partial charge in [-0.2, -0.15) is 0 Å². The topological polar surface area (TPSA) is 113 Å². The molecule has 202 valence electrons. The van der Waals surface area contributed by atoms with Crippen molar-refractivity contribution in [1.29, 1.82) is 0 Å². The molecule has 1 heterocycles. The molecule has 0 spiro atoms. The van der Waals surface area contributed by atoms with Gasteiger partial charge in [-0.15, -0.1) is 0 Å². The molecular formula is C31H31NO7. The number of carbonyl (C=O) groups excluding carboxylic acids is 3. The smallest absolute Gasteiger partial charge is 0.338 e. The Morgan fingerprint density at radius 1 is 0.949 bits per heavy atom. The van der Waals surface area contributed by atoms with Gasteiger partial charge in [-0.1, -0.05) is 32.0 Å². The van der Waals surface area contributed by atoms with Crippen LogP contribution in [0, 0.1) is 0 Å². The number of benzene rings is 3. The van der Waals surface area contributed by atoms with E-state index in [1.807, 2.05) is 20.8 Å². The van der Waals surface area contributed by atoms with Crippen LogP contribution in [0.4, 0.5) is 5.69 Å². The Kier molecular flexibility index (Phi) is 8.04. The maximum atomic E-state index is 13.5. The standard InChI is InChI=1S/C31H31NO7/c1-5-38-25-15-12-20(17-24(25)18(3)4)28(34)26-27(19-10-13-23(33)14-11-19)32(30(36)29(26)35)22-9-7-8-21(16-22)31(37)39-6-2/h7-18,27,33-34H,5-6H2,1-4H3/b28-26-. The highest BCUT2D eigenvalue weighted by molar-refractivity contribution is 6.51. The number of phenolic OH excluding ortho intramolecular Hbond substituents is 1. The average Bonchev–Trinajstić information content (AvgIpc) is 3.19. The van der Waals surface area contributed by atoms with E-state index in [0.717, 1.165) is 5.56 Å². The summed E-state index contributed by atoms with van der Waals surface area (Å²) < 4.78 is 10.8. The third kappa shape index (κ3) is 5.36. The number of rotatable bonds is 8. The van der Waals surface area contributed by atoms with Crippen LogP contribution in [0.1, 0.15) is 66.7 Å². The summed E-state index contributed by atoms with van der Waals surface area (Å²) in [5, 5.41) is 21.4. The zero-order chi connectivity index (χ0) is 28.3. The van der Waals surface area contributed by atoms with Crippen molar-refractivity contribution in [2.24, 2.45) is 0 Å². The lowest BCUT2D eigenvalue weighted by molar-refractivity contribution is -0.132. The summed E-state index contributed by atoms with van der Waals surface area (Å²) in [6.07, 6.45) is 0. The third-order valence-corrected chi connectivity index (χ3v) is 6.49. The molecule has 1 aliphatic rings. The van der Waals surface area contributed by atoms with Crippen LogP contribution < -0.4 is 9.64 Å². The van der Waals surface area contributed by atoms with Gasteiger partial charge in [0.15, 0.2) is 0 Å². The molecule has 4 rings (SSSR count). The molecule has 0 aliphatic carbocycles. The summed E-state index contributed by atoms with van der Waals surface area (Å²) in [7, 11) is 0. The number of Topliss-reactive ketones (excluding diaryl/α,β-unsaturated/α-hetero) is 1. The number of ether oxygens (including phenoxy) is 2. The zero-order valence-electron chi connectivity index (χ0n) is 22.3. The van der Waals surface area contributed by atoms with E-state index in [1.54, 1.807) is 55.5 Å². The van der Waals surface area contributed by atoms with E-state index in [9.17, 15) is 24.6 Å². The van der Waals surface area contributed by atoms with Gasteiger partial charge in [0.2, 0.25) is 0 Å². The molecular weight excluding hydrogens is 498 g/mol. The number of aromatic hydroxyl groups is 1. The normalized spacial score (nSPS) is 16.5. The highest BCUT2D eigenvalue weighted by atomic mass is 16.5. The minimum Gasteiger partial charge on any atom is -0.508 e. The molecule has 2 N–H and O–H groups in total. The van der Waals surface area contributed by atoms with Crippen molar-refractivity contribution < 1.29 is 34.1 Å². The van der Waals surface area contributed by atoms with Crippen LogP contribution in [-0.2, 0) is 14.3 Å². The van der Waals surface area contributed by atoms with Crippen molar-refractivity contribution in [3.8, 4) is 11.5 Å². The van der Waals surface area contributed by atoms with Crippen LogP contribution in [0.5, 0.6) is 11.5 Å². The maximum Gasteiger partial charge on any atom is 0.338 e. The third-order valence-electron chi connectivity index (χ3n) is 6.49. The van der Waals surface area contributed by atoms with Crippen molar-refractivity contribution >= 4 is 29.1 Å². The van der Waals surface area contributed by atoms with E-state index >= 15 is 0 Å². The first-order valence-electron chi connectivity index (χ1n) is 12.8. The van der Waals surface area contributed by atoms with E-state index in [4.69, 9.17) is 9.47 Å². The van der Waals surface area contributed by atoms with Crippen LogP contribution in [0.15, 0.2) is 72.3 Å². The molecule has 1 fully saturated rings. The van der Waals surface area contributed by atoms with Crippen molar-refractivity contribution in [3.05, 3.63) is 94.6 Å². The minimum absolute atomic E-state index is 0.00750. The average molecular weight is 530 g/mol. The number of esters is 1. The molecule has 1 amide bonds. The second-order valence-electron chi connectivity index (χ2n) is 9.37. The molecule has 0 aromatic heterocycles. The van der Waals surface area contributed by atoms with Gasteiger partial charge < -0.3 is 19.7 Å². The van der Waals surface area contributed by atoms with E-state index in [1.165, 1.54) is 23.1 Å². The summed E-state index contributed by atoms with van der Waals surface area (Å²) in [5.41, 5.74) is 2.10. The van der Waals surface area contributed by atoms with Gasteiger partial charge in [-0.05, 0) is 79.4 Å². The number of aliphatic hydroxyl groups excluding tert-OH is 1. The molecule has 1 aliphatic heterocycles. The first-order valence-corrected chi connectivity index (χ1v) is 12.8. The first-order chi connectivity index (χ1) is 18.7.